The number of fused-ring (bicyclic) bond motifs is 2. The molecule has 0 aliphatic heterocycles. The highest BCUT2D eigenvalue weighted by Gasteiger charge is 2.10. The average molecular weight is 321 g/mol. The number of nitrogens with one attached hydrogen (secondary N) is 2. The second-order valence-corrected chi connectivity index (χ2v) is 6.26. The van der Waals surface area contributed by atoms with Crippen LogP contribution in [0.25, 0.3) is 16.7 Å². The Morgan fingerprint density at radius 1 is 1.25 bits per heavy atom. The lowest BCUT2D eigenvalue weighted by atomic mass is 10.1. The van der Waals surface area contributed by atoms with Crippen molar-refractivity contribution in [3.05, 3.63) is 47.7 Å². The standard InChI is InChI=1S/C17H19N7/c1-10(2)14-7-16(17-22-19-9-24(17)23-14)18-8-12-4-5-13-15(6-12)21-11(3)20-13/h4-7,9-10,18H,8H2,1-3H3,(H,20,21). The molecule has 2 N–H and O–H groups in total. The number of imidazole rings is 1. The van der Waals surface area contributed by atoms with E-state index in [-0.39, 0.29) is 0 Å². The molecule has 0 radical (unpaired) electrons. The minimum absolute atomic E-state index is 0.335. The molecule has 122 valence electrons. The Hall–Kier alpha value is -2.96. The van der Waals surface area contributed by atoms with Crippen LogP contribution in [-0.4, -0.2) is 29.8 Å². The molecular weight excluding hydrogens is 302 g/mol. The SMILES string of the molecule is Cc1nc2ccc(CNc3cc(C(C)C)nn4cnnc34)cc2[nH]1. The lowest BCUT2D eigenvalue weighted by molar-refractivity contribution is 0.762. The molecule has 0 fully saturated rings. The number of hydrogen-bond acceptors (Lipinski definition) is 5. The van der Waals surface area contributed by atoms with Crippen molar-refractivity contribution in [2.24, 2.45) is 0 Å². The maximum atomic E-state index is 4.53. The van der Waals surface area contributed by atoms with E-state index in [0.717, 1.165) is 33.9 Å². The second-order valence-electron chi connectivity index (χ2n) is 6.26. The van der Waals surface area contributed by atoms with E-state index in [1.807, 2.05) is 19.1 Å². The minimum Gasteiger partial charge on any atom is -0.378 e. The minimum atomic E-state index is 0.335. The zero-order valence-corrected chi connectivity index (χ0v) is 13.9. The predicted molar refractivity (Wildman–Crippen MR) is 93.0 cm³/mol. The average Bonchev–Trinajstić information content (AvgIpc) is 3.16. The molecule has 0 atom stereocenters. The van der Waals surface area contributed by atoms with E-state index < -0.39 is 0 Å². The molecule has 3 aromatic heterocycles. The summed E-state index contributed by atoms with van der Waals surface area (Å²) in [6, 6.07) is 8.29. The summed E-state index contributed by atoms with van der Waals surface area (Å²) in [7, 11) is 0. The molecule has 4 rings (SSSR count). The highest BCUT2D eigenvalue weighted by Crippen LogP contribution is 2.21. The van der Waals surface area contributed by atoms with Gasteiger partial charge in [-0.05, 0) is 36.6 Å². The van der Waals surface area contributed by atoms with Crippen LogP contribution in [-0.2, 0) is 6.54 Å². The van der Waals surface area contributed by atoms with E-state index in [4.69, 9.17) is 0 Å². The van der Waals surface area contributed by atoms with Crippen LogP contribution in [0.15, 0.2) is 30.6 Å². The van der Waals surface area contributed by atoms with Crippen molar-refractivity contribution in [2.45, 2.75) is 33.2 Å². The molecule has 0 aliphatic carbocycles. The van der Waals surface area contributed by atoms with Gasteiger partial charge < -0.3 is 10.3 Å². The summed E-state index contributed by atoms with van der Waals surface area (Å²) in [5.41, 5.74) is 5.89. The summed E-state index contributed by atoms with van der Waals surface area (Å²) in [5.74, 6) is 1.26. The highest BCUT2D eigenvalue weighted by molar-refractivity contribution is 5.76. The van der Waals surface area contributed by atoms with Gasteiger partial charge in [0.1, 0.15) is 12.2 Å². The van der Waals surface area contributed by atoms with Gasteiger partial charge in [0.2, 0.25) is 5.65 Å². The molecule has 0 unspecified atom stereocenters. The summed E-state index contributed by atoms with van der Waals surface area (Å²) in [6.07, 6.45) is 1.63. The quantitative estimate of drug-likeness (QED) is 0.603. The zero-order chi connectivity index (χ0) is 16.7. The first kappa shape index (κ1) is 14.6. The van der Waals surface area contributed by atoms with Crippen molar-refractivity contribution in [3.8, 4) is 0 Å². The van der Waals surface area contributed by atoms with Crippen LogP contribution in [0.1, 0.15) is 36.8 Å². The largest absolute Gasteiger partial charge is 0.378 e. The number of rotatable bonds is 4. The van der Waals surface area contributed by atoms with Crippen molar-refractivity contribution >= 4 is 22.4 Å². The van der Waals surface area contributed by atoms with Gasteiger partial charge in [0, 0.05) is 6.54 Å². The Morgan fingerprint density at radius 2 is 2.12 bits per heavy atom. The predicted octanol–water partition coefficient (Wildman–Crippen LogP) is 3.04. The number of benzene rings is 1. The van der Waals surface area contributed by atoms with Crippen molar-refractivity contribution in [2.75, 3.05) is 5.32 Å². The van der Waals surface area contributed by atoms with E-state index in [1.54, 1.807) is 10.8 Å². The van der Waals surface area contributed by atoms with Gasteiger partial charge in [-0.25, -0.2) is 4.98 Å². The summed E-state index contributed by atoms with van der Waals surface area (Å²) >= 11 is 0. The number of aromatic amines is 1. The number of aromatic nitrogens is 6. The van der Waals surface area contributed by atoms with Crippen LogP contribution in [0.5, 0.6) is 0 Å². The van der Waals surface area contributed by atoms with Crippen LogP contribution < -0.4 is 5.32 Å². The van der Waals surface area contributed by atoms with E-state index in [1.165, 1.54) is 5.56 Å². The fraction of sp³-hybridized carbons (Fsp3) is 0.294. The van der Waals surface area contributed by atoms with Gasteiger partial charge in [-0.2, -0.15) is 9.61 Å². The molecule has 7 nitrogen and oxygen atoms in total. The lowest BCUT2D eigenvalue weighted by Crippen LogP contribution is -2.06. The molecule has 0 spiro atoms. The third-order valence-electron chi connectivity index (χ3n) is 4.03. The maximum Gasteiger partial charge on any atom is 0.200 e. The van der Waals surface area contributed by atoms with Gasteiger partial charge in [-0.1, -0.05) is 19.9 Å². The lowest BCUT2D eigenvalue weighted by Gasteiger charge is -2.11. The number of nitrogens with zero attached hydrogens (tertiary/aromatic N) is 5. The maximum absolute atomic E-state index is 4.53. The molecule has 1 aromatic carbocycles. The first-order valence-electron chi connectivity index (χ1n) is 8.00. The van der Waals surface area contributed by atoms with Gasteiger partial charge in [0.25, 0.3) is 0 Å². The molecule has 0 amide bonds. The van der Waals surface area contributed by atoms with Crippen molar-refractivity contribution in [1.82, 2.24) is 29.8 Å². The van der Waals surface area contributed by atoms with E-state index in [2.05, 4.69) is 56.6 Å². The van der Waals surface area contributed by atoms with Crippen LogP contribution in [0.2, 0.25) is 0 Å². The van der Waals surface area contributed by atoms with E-state index in [0.29, 0.717) is 12.5 Å². The van der Waals surface area contributed by atoms with Gasteiger partial charge in [-0.3, -0.25) is 0 Å². The Bertz CT molecular complexity index is 1010. The zero-order valence-electron chi connectivity index (χ0n) is 13.9. The Labute approximate surface area is 139 Å². The Kier molecular flexibility index (Phi) is 3.41. The molecule has 4 aromatic rings. The molecule has 0 bridgehead atoms. The smallest absolute Gasteiger partial charge is 0.200 e. The van der Waals surface area contributed by atoms with Gasteiger partial charge in [0.05, 0.1) is 22.4 Å². The monoisotopic (exact) mass is 321 g/mol. The van der Waals surface area contributed by atoms with Gasteiger partial charge in [0.15, 0.2) is 0 Å². The summed E-state index contributed by atoms with van der Waals surface area (Å²) in [6.45, 7) is 6.90. The topological polar surface area (TPSA) is 83.8 Å². The van der Waals surface area contributed by atoms with Crippen molar-refractivity contribution in [3.63, 3.8) is 0 Å². The molecule has 3 heterocycles. The molecule has 0 saturated carbocycles. The molecule has 0 saturated heterocycles. The molecule has 24 heavy (non-hydrogen) atoms. The number of aryl methyl sites for hydroxylation is 1. The molecular formula is C17H19N7. The van der Waals surface area contributed by atoms with Gasteiger partial charge >= 0.3 is 0 Å². The number of hydrogen-bond donors (Lipinski definition) is 2. The molecule has 7 heteroatoms. The van der Waals surface area contributed by atoms with Crippen LogP contribution >= 0.6 is 0 Å². The van der Waals surface area contributed by atoms with E-state index >= 15 is 0 Å². The summed E-state index contributed by atoms with van der Waals surface area (Å²) in [5, 5.41) is 16.1. The second kappa shape index (κ2) is 5.59. The fourth-order valence-electron chi connectivity index (χ4n) is 2.75. The Morgan fingerprint density at radius 3 is 2.96 bits per heavy atom. The van der Waals surface area contributed by atoms with Crippen LogP contribution in [0.3, 0.4) is 0 Å². The Balaban J connectivity index is 1.64. The van der Waals surface area contributed by atoms with Crippen LogP contribution in [0.4, 0.5) is 5.69 Å². The van der Waals surface area contributed by atoms with Crippen LogP contribution in [0, 0.1) is 6.92 Å². The van der Waals surface area contributed by atoms with Crippen molar-refractivity contribution < 1.29 is 0 Å². The summed E-state index contributed by atoms with van der Waals surface area (Å²) in [4.78, 5) is 7.70. The molecule has 0 aliphatic rings. The first-order chi connectivity index (χ1) is 11.6. The van der Waals surface area contributed by atoms with E-state index in [9.17, 15) is 0 Å². The number of anilines is 1. The first-order valence-corrected chi connectivity index (χ1v) is 8.00. The number of H-pyrrole nitrogens is 1. The normalized spacial score (nSPS) is 11.7. The fourth-order valence-corrected chi connectivity index (χ4v) is 2.75. The van der Waals surface area contributed by atoms with Crippen molar-refractivity contribution in [1.29, 1.82) is 0 Å². The van der Waals surface area contributed by atoms with Gasteiger partial charge in [-0.15, -0.1) is 10.2 Å². The third-order valence-corrected chi connectivity index (χ3v) is 4.03. The summed E-state index contributed by atoms with van der Waals surface area (Å²) < 4.78 is 1.72. The third kappa shape index (κ3) is 2.58. The highest BCUT2D eigenvalue weighted by atomic mass is 15.3.